The maximum atomic E-state index is 5.86. The zero-order valence-corrected chi connectivity index (χ0v) is 13.9. The first kappa shape index (κ1) is 15.7. The Hall–Kier alpha value is -2.20. The van der Waals surface area contributed by atoms with Crippen molar-refractivity contribution in [3.63, 3.8) is 0 Å². The number of nitrogens with two attached hydrogens (primary N) is 1. The summed E-state index contributed by atoms with van der Waals surface area (Å²) < 4.78 is 0. The summed E-state index contributed by atoms with van der Waals surface area (Å²) in [6.07, 6.45) is 0. The molecule has 122 valence electrons. The molecule has 0 spiro atoms. The Morgan fingerprint density at radius 3 is 2.39 bits per heavy atom. The van der Waals surface area contributed by atoms with Crippen molar-refractivity contribution in [2.75, 3.05) is 61.8 Å². The molecule has 2 N–H and O–H groups in total. The molecule has 0 aliphatic carbocycles. The van der Waals surface area contributed by atoms with E-state index in [0.29, 0.717) is 0 Å². The van der Waals surface area contributed by atoms with Crippen LogP contribution in [0.5, 0.6) is 0 Å². The Morgan fingerprint density at radius 1 is 0.957 bits per heavy atom. The fraction of sp³-hybridized carbons (Fsp3) is 0.368. The zero-order valence-electron chi connectivity index (χ0n) is 13.9. The van der Waals surface area contributed by atoms with Gasteiger partial charge in [0.25, 0.3) is 0 Å². The second-order valence-electron chi connectivity index (χ2n) is 6.18. The van der Waals surface area contributed by atoms with Crippen LogP contribution in [0, 0.1) is 0 Å². The maximum Gasteiger partial charge on any atom is 0.0384 e. The van der Waals surface area contributed by atoms with Gasteiger partial charge in [-0.15, -0.1) is 0 Å². The predicted octanol–water partition coefficient (Wildman–Crippen LogP) is 2.53. The number of para-hydroxylation sites is 1. The van der Waals surface area contributed by atoms with Gasteiger partial charge in [0.1, 0.15) is 0 Å². The number of rotatable bonds is 5. The number of benzene rings is 2. The van der Waals surface area contributed by atoms with Crippen molar-refractivity contribution in [1.29, 1.82) is 0 Å². The minimum absolute atomic E-state index is 0.825. The van der Waals surface area contributed by atoms with Gasteiger partial charge < -0.3 is 15.5 Å². The Bertz CT molecular complexity index is 606. The first-order chi connectivity index (χ1) is 11.2. The summed E-state index contributed by atoms with van der Waals surface area (Å²) in [6.45, 7) is 6.57. The van der Waals surface area contributed by atoms with Crippen molar-refractivity contribution < 1.29 is 0 Å². The number of hydrogen-bond donors (Lipinski definition) is 1. The maximum absolute atomic E-state index is 5.86. The van der Waals surface area contributed by atoms with Gasteiger partial charge in [0.05, 0.1) is 0 Å². The topological polar surface area (TPSA) is 35.7 Å². The number of anilines is 3. The molecule has 23 heavy (non-hydrogen) atoms. The molecule has 1 fully saturated rings. The van der Waals surface area contributed by atoms with Gasteiger partial charge in [0.15, 0.2) is 0 Å². The average Bonchev–Trinajstić information content (AvgIpc) is 2.61. The number of piperazine rings is 1. The molecule has 0 saturated carbocycles. The van der Waals surface area contributed by atoms with E-state index < -0.39 is 0 Å². The number of nitrogen functional groups attached to an aromatic ring is 1. The molecular formula is C19H26N4. The molecule has 1 heterocycles. The van der Waals surface area contributed by atoms with Crippen molar-refractivity contribution in [2.45, 2.75) is 0 Å². The van der Waals surface area contributed by atoms with Crippen molar-refractivity contribution in [3.8, 4) is 0 Å². The van der Waals surface area contributed by atoms with Crippen molar-refractivity contribution in [1.82, 2.24) is 4.90 Å². The smallest absolute Gasteiger partial charge is 0.0384 e. The molecule has 4 heteroatoms. The van der Waals surface area contributed by atoms with Crippen LogP contribution in [0.3, 0.4) is 0 Å². The van der Waals surface area contributed by atoms with Crippen LogP contribution in [0.15, 0.2) is 54.6 Å². The first-order valence-electron chi connectivity index (χ1n) is 8.31. The quantitative estimate of drug-likeness (QED) is 0.861. The molecule has 0 radical (unpaired) electrons. The molecule has 0 bridgehead atoms. The standard InChI is InChI=1S/C19H26N4/c1-21(19-9-5-6-17(20)16-19)10-11-22-12-14-23(15-13-22)18-7-3-2-4-8-18/h2-9,16H,10-15,20H2,1H3. The minimum Gasteiger partial charge on any atom is -0.399 e. The summed E-state index contributed by atoms with van der Waals surface area (Å²) in [5, 5.41) is 0. The summed E-state index contributed by atoms with van der Waals surface area (Å²) in [5.41, 5.74) is 9.21. The summed E-state index contributed by atoms with van der Waals surface area (Å²) in [4.78, 5) is 7.29. The Morgan fingerprint density at radius 2 is 1.70 bits per heavy atom. The van der Waals surface area contributed by atoms with E-state index in [1.807, 2.05) is 18.2 Å². The monoisotopic (exact) mass is 310 g/mol. The number of hydrogen-bond acceptors (Lipinski definition) is 4. The highest BCUT2D eigenvalue weighted by Crippen LogP contribution is 2.17. The van der Waals surface area contributed by atoms with Gasteiger partial charge in [-0.1, -0.05) is 24.3 Å². The minimum atomic E-state index is 0.825. The first-order valence-corrected chi connectivity index (χ1v) is 8.31. The van der Waals surface area contributed by atoms with Crippen LogP contribution in [-0.2, 0) is 0 Å². The molecule has 1 aliphatic heterocycles. The van der Waals surface area contributed by atoms with Gasteiger partial charge in [-0.05, 0) is 30.3 Å². The molecule has 1 aliphatic rings. The highest BCUT2D eigenvalue weighted by atomic mass is 15.3. The van der Waals surface area contributed by atoms with E-state index in [9.17, 15) is 0 Å². The summed E-state index contributed by atoms with van der Waals surface area (Å²) in [7, 11) is 2.13. The highest BCUT2D eigenvalue weighted by Gasteiger charge is 2.17. The van der Waals surface area contributed by atoms with E-state index in [0.717, 1.165) is 45.0 Å². The molecular weight excluding hydrogens is 284 g/mol. The van der Waals surface area contributed by atoms with Gasteiger partial charge >= 0.3 is 0 Å². The fourth-order valence-corrected chi connectivity index (χ4v) is 3.05. The third kappa shape index (κ3) is 4.17. The van der Waals surface area contributed by atoms with Crippen LogP contribution in [0.2, 0.25) is 0 Å². The van der Waals surface area contributed by atoms with E-state index >= 15 is 0 Å². The SMILES string of the molecule is CN(CCN1CCN(c2ccccc2)CC1)c1cccc(N)c1. The third-order valence-electron chi connectivity index (χ3n) is 4.56. The lowest BCUT2D eigenvalue weighted by Gasteiger charge is -2.37. The zero-order chi connectivity index (χ0) is 16.1. The van der Waals surface area contributed by atoms with Crippen LogP contribution in [-0.4, -0.2) is 51.2 Å². The average molecular weight is 310 g/mol. The third-order valence-corrected chi connectivity index (χ3v) is 4.56. The van der Waals surface area contributed by atoms with Crippen LogP contribution < -0.4 is 15.5 Å². The Labute approximate surface area is 139 Å². The molecule has 2 aromatic rings. The lowest BCUT2D eigenvalue weighted by Crippen LogP contribution is -2.48. The fourth-order valence-electron chi connectivity index (χ4n) is 3.05. The van der Waals surface area contributed by atoms with Crippen LogP contribution >= 0.6 is 0 Å². The Balaban J connectivity index is 1.46. The van der Waals surface area contributed by atoms with Gasteiger partial charge in [0, 0.05) is 63.4 Å². The van der Waals surface area contributed by atoms with Crippen LogP contribution in [0.1, 0.15) is 0 Å². The molecule has 0 unspecified atom stereocenters. The normalized spacial score (nSPS) is 15.6. The molecule has 0 atom stereocenters. The van der Waals surface area contributed by atoms with Crippen molar-refractivity contribution in [3.05, 3.63) is 54.6 Å². The van der Waals surface area contributed by atoms with E-state index in [-0.39, 0.29) is 0 Å². The summed E-state index contributed by atoms with van der Waals surface area (Å²) >= 11 is 0. The van der Waals surface area contributed by atoms with Gasteiger partial charge in [-0.2, -0.15) is 0 Å². The molecule has 4 nitrogen and oxygen atoms in total. The Kier molecular flexibility index (Phi) is 5.03. The second kappa shape index (κ2) is 7.38. The largest absolute Gasteiger partial charge is 0.399 e. The molecule has 1 saturated heterocycles. The predicted molar refractivity (Wildman–Crippen MR) is 99.2 cm³/mol. The lowest BCUT2D eigenvalue weighted by molar-refractivity contribution is 0.264. The number of nitrogens with zero attached hydrogens (tertiary/aromatic N) is 3. The summed E-state index contributed by atoms with van der Waals surface area (Å²) in [5.74, 6) is 0. The van der Waals surface area contributed by atoms with Gasteiger partial charge in [0.2, 0.25) is 0 Å². The summed E-state index contributed by atoms with van der Waals surface area (Å²) in [6, 6.07) is 18.8. The van der Waals surface area contributed by atoms with E-state index in [1.165, 1.54) is 11.4 Å². The molecule has 0 amide bonds. The second-order valence-corrected chi connectivity index (χ2v) is 6.18. The van der Waals surface area contributed by atoms with Gasteiger partial charge in [-0.25, -0.2) is 0 Å². The van der Waals surface area contributed by atoms with E-state index in [2.05, 4.69) is 58.1 Å². The van der Waals surface area contributed by atoms with Crippen molar-refractivity contribution in [2.24, 2.45) is 0 Å². The van der Waals surface area contributed by atoms with E-state index in [1.54, 1.807) is 0 Å². The molecule has 3 rings (SSSR count). The van der Waals surface area contributed by atoms with Crippen LogP contribution in [0.25, 0.3) is 0 Å². The lowest BCUT2D eigenvalue weighted by atomic mass is 10.2. The molecule has 0 aromatic heterocycles. The highest BCUT2D eigenvalue weighted by molar-refractivity contribution is 5.55. The van der Waals surface area contributed by atoms with Crippen LogP contribution in [0.4, 0.5) is 17.1 Å². The van der Waals surface area contributed by atoms with Crippen molar-refractivity contribution >= 4 is 17.1 Å². The molecule has 2 aromatic carbocycles. The number of likely N-dealkylation sites (N-methyl/N-ethyl adjacent to an activating group) is 1. The van der Waals surface area contributed by atoms with E-state index in [4.69, 9.17) is 5.73 Å². The van der Waals surface area contributed by atoms with Gasteiger partial charge in [-0.3, -0.25) is 4.90 Å².